The van der Waals surface area contributed by atoms with E-state index in [4.69, 9.17) is 15.2 Å². The first-order chi connectivity index (χ1) is 7.31. The van der Waals surface area contributed by atoms with Crippen molar-refractivity contribution in [2.75, 3.05) is 13.7 Å². The van der Waals surface area contributed by atoms with E-state index in [0.717, 1.165) is 17.1 Å². The highest BCUT2D eigenvalue weighted by atomic mass is 16.5. The van der Waals surface area contributed by atoms with E-state index >= 15 is 0 Å². The Labute approximate surface area is 90.2 Å². The lowest BCUT2D eigenvalue weighted by atomic mass is 10.2. The van der Waals surface area contributed by atoms with E-state index in [2.05, 4.69) is 11.8 Å². The summed E-state index contributed by atoms with van der Waals surface area (Å²) >= 11 is 0. The van der Waals surface area contributed by atoms with Crippen LogP contribution in [0.1, 0.15) is 12.5 Å². The van der Waals surface area contributed by atoms with E-state index in [1.54, 1.807) is 14.0 Å². The summed E-state index contributed by atoms with van der Waals surface area (Å²) in [5, 5.41) is 0. The maximum absolute atomic E-state index is 5.61. The normalized spacial score (nSPS) is 9.00. The molecule has 15 heavy (non-hydrogen) atoms. The number of methoxy groups -OCH3 is 1. The third-order valence-corrected chi connectivity index (χ3v) is 1.96. The molecule has 3 nitrogen and oxygen atoms in total. The van der Waals surface area contributed by atoms with Crippen LogP contribution in [0.3, 0.4) is 0 Å². The average Bonchev–Trinajstić information content (AvgIpc) is 2.29. The number of hydrogen-bond acceptors (Lipinski definition) is 3. The van der Waals surface area contributed by atoms with E-state index in [9.17, 15) is 0 Å². The molecule has 3 heteroatoms. The first kappa shape index (κ1) is 11.4. The van der Waals surface area contributed by atoms with E-state index in [-0.39, 0.29) is 0 Å². The lowest BCUT2D eigenvalue weighted by Crippen LogP contribution is -2.03. The second kappa shape index (κ2) is 5.94. The molecule has 1 aromatic rings. The lowest BCUT2D eigenvalue weighted by Gasteiger charge is -2.09. The summed E-state index contributed by atoms with van der Waals surface area (Å²) in [6.07, 6.45) is 0. The molecule has 0 atom stereocenters. The number of rotatable bonds is 4. The highest BCUT2D eigenvalue weighted by Crippen LogP contribution is 2.23. The Morgan fingerprint density at radius 3 is 2.80 bits per heavy atom. The van der Waals surface area contributed by atoms with E-state index in [1.807, 2.05) is 18.2 Å². The van der Waals surface area contributed by atoms with Gasteiger partial charge in [0.05, 0.1) is 7.11 Å². The molecule has 0 heterocycles. The van der Waals surface area contributed by atoms with Crippen molar-refractivity contribution >= 4 is 0 Å². The number of ether oxygens (including phenoxy) is 2. The molecule has 0 radical (unpaired) electrons. The van der Waals surface area contributed by atoms with E-state index in [0.29, 0.717) is 13.2 Å². The van der Waals surface area contributed by atoms with Gasteiger partial charge in [0, 0.05) is 12.1 Å². The van der Waals surface area contributed by atoms with Crippen molar-refractivity contribution in [3.05, 3.63) is 23.8 Å². The summed E-state index contributed by atoms with van der Waals surface area (Å²) in [7, 11) is 1.62. The van der Waals surface area contributed by atoms with Crippen LogP contribution in [0.25, 0.3) is 0 Å². The second-order valence-electron chi connectivity index (χ2n) is 2.89. The van der Waals surface area contributed by atoms with Crippen molar-refractivity contribution in [1.29, 1.82) is 0 Å². The quantitative estimate of drug-likeness (QED) is 0.758. The van der Waals surface area contributed by atoms with Crippen molar-refractivity contribution in [2.45, 2.75) is 13.5 Å². The van der Waals surface area contributed by atoms with Gasteiger partial charge in [-0.3, -0.25) is 0 Å². The molecule has 0 aliphatic heterocycles. The smallest absolute Gasteiger partial charge is 0.149 e. The van der Waals surface area contributed by atoms with Crippen molar-refractivity contribution in [3.63, 3.8) is 0 Å². The molecular formula is C12H15NO2. The fourth-order valence-electron chi connectivity index (χ4n) is 1.17. The molecule has 2 N–H and O–H groups in total. The summed E-state index contributed by atoms with van der Waals surface area (Å²) in [4.78, 5) is 0. The van der Waals surface area contributed by atoms with Gasteiger partial charge >= 0.3 is 0 Å². The first-order valence-corrected chi connectivity index (χ1v) is 4.71. The highest BCUT2D eigenvalue weighted by Gasteiger charge is 2.03. The van der Waals surface area contributed by atoms with Gasteiger partial charge in [-0.15, -0.1) is 5.92 Å². The molecule has 0 aliphatic carbocycles. The maximum atomic E-state index is 5.61. The van der Waals surface area contributed by atoms with Crippen LogP contribution in [0.15, 0.2) is 18.2 Å². The Morgan fingerprint density at radius 2 is 2.20 bits per heavy atom. The Morgan fingerprint density at radius 1 is 1.40 bits per heavy atom. The first-order valence-electron chi connectivity index (χ1n) is 4.71. The molecule has 0 aromatic heterocycles. The average molecular weight is 205 g/mol. The van der Waals surface area contributed by atoms with Crippen molar-refractivity contribution in [1.82, 2.24) is 0 Å². The molecular weight excluding hydrogens is 190 g/mol. The third-order valence-electron chi connectivity index (χ3n) is 1.96. The Bertz CT molecular complexity index is 377. The van der Waals surface area contributed by atoms with Crippen LogP contribution in [0.5, 0.6) is 11.5 Å². The molecule has 0 amide bonds. The van der Waals surface area contributed by atoms with Crippen molar-refractivity contribution in [3.8, 4) is 23.3 Å². The van der Waals surface area contributed by atoms with Crippen molar-refractivity contribution in [2.24, 2.45) is 5.73 Å². The SMILES string of the molecule is CC#CCOc1ccc(OC)cc1CN. The minimum atomic E-state index is 0.385. The standard InChI is InChI=1S/C12H15NO2/c1-3-4-7-15-12-6-5-11(14-2)8-10(12)9-13/h5-6,8H,7,9,13H2,1-2H3. The minimum absolute atomic E-state index is 0.385. The summed E-state index contributed by atoms with van der Waals surface area (Å²) in [6, 6.07) is 5.56. The zero-order chi connectivity index (χ0) is 11.1. The molecule has 0 saturated heterocycles. The van der Waals surface area contributed by atoms with Gasteiger partial charge in [-0.05, 0) is 25.1 Å². The zero-order valence-electron chi connectivity index (χ0n) is 9.04. The molecule has 0 aliphatic rings. The number of nitrogens with two attached hydrogens (primary N) is 1. The summed E-state index contributed by atoms with van der Waals surface area (Å²) < 4.78 is 10.6. The molecule has 0 unspecified atom stereocenters. The summed E-state index contributed by atoms with van der Waals surface area (Å²) in [5.74, 6) is 7.15. The van der Waals surface area contributed by atoms with Crippen molar-refractivity contribution < 1.29 is 9.47 Å². The number of benzene rings is 1. The maximum Gasteiger partial charge on any atom is 0.149 e. The monoisotopic (exact) mass is 205 g/mol. The zero-order valence-corrected chi connectivity index (χ0v) is 9.04. The summed E-state index contributed by atoms with van der Waals surface area (Å²) in [6.45, 7) is 2.59. The van der Waals surface area contributed by atoms with Crippen LogP contribution in [0.2, 0.25) is 0 Å². The van der Waals surface area contributed by atoms with Gasteiger partial charge in [0.15, 0.2) is 0 Å². The molecule has 0 saturated carbocycles. The molecule has 1 aromatic carbocycles. The highest BCUT2D eigenvalue weighted by molar-refractivity contribution is 5.40. The number of hydrogen-bond donors (Lipinski definition) is 1. The Balaban J connectivity index is 2.81. The molecule has 80 valence electrons. The van der Waals surface area contributed by atoms with Gasteiger partial charge < -0.3 is 15.2 Å². The van der Waals surface area contributed by atoms with Crippen LogP contribution in [0.4, 0.5) is 0 Å². The Kier molecular flexibility index (Phi) is 4.52. The van der Waals surface area contributed by atoms with Gasteiger partial charge in [0.1, 0.15) is 18.1 Å². The lowest BCUT2D eigenvalue weighted by molar-refractivity contribution is 0.363. The van der Waals surface area contributed by atoms with Gasteiger partial charge in [0.25, 0.3) is 0 Å². The summed E-state index contributed by atoms with van der Waals surface area (Å²) in [5.41, 5.74) is 6.53. The molecule has 0 spiro atoms. The van der Waals surface area contributed by atoms with Gasteiger partial charge in [0.2, 0.25) is 0 Å². The second-order valence-corrected chi connectivity index (χ2v) is 2.89. The third kappa shape index (κ3) is 3.19. The predicted molar refractivity (Wildman–Crippen MR) is 59.8 cm³/mol. The van der Waals surface area contributed by atoms with Crippen LogP contribution in [-0.4, -0.2) is 13.7 Å². The minimum Gasteiger partial charge on any atom is -0.497 e. The van der Waals surface area contributed by atoms with Crippen LogP contribution >= 0.6 is 0 Å². The Hall–Kier alpha value is -1.66. The fraction of sp³-hybridized carbons (Fsp3) is 0.333. The van der Waals surface area contributed by atoms with Gasteiger partial charge in [-0.1, -0.05) is 5.92 Å². The topological polar surface area (TPSA) is 44.5 Å². The van der Waals surface area contributed by atoms with Gasteiger partial charge in [-0.25, -0.2) is 0 Å². The molecule has 0 bridgehead atoms. The van der Waals surface area contributed by atoms with E-state index in [1.165, 1.54) is 0 Å². The van der Waals surface area contributed by atoms with Crippen LogP contribution < -0.4 is 15.2 Å². The largest absolute Gasteiger partial charge is 0.497 e. The van der Waals surface area contributed by atoms with Crippen LogP contribution in [0, 0.1) is 11.8 Å². The van der Waals surface area contributed by atoms with Gasteiger partial charge in [-0.2, -0.15) is 0 Å². The van der Waals surface area contributed by atoms with Crippen LogP contribution in [-0.2, 0) is 6.54 Å². The molecule has 0 fully saturated rings. The molecule has 1 rings (SSSR count). The fourth-order valence-corrected chi connectivity index (χ4v) is 1.17. The van der Waals surface area contributed by atoms with E-state index < -0.39 is 0 Å². The predicted octanol–water partition coefficient (Wildman–Crippen LogP) is 1.56.